The summed E-state index contributed by atoms with van der Waals surface area (Å²) in [6.45, 7) is 2.25. The van der Waals surface area contributed by atoms with Crippen LogP contribution in [0.3, 0.4) is 0 Å². The number of pyridine rings is 1. The molecule has 0 saturated carbocycles. The Morgan fingerprint density at radius 2 is 2.19 bits per heavy atom. The molecule has 1 heterocycles. The highest BCUT2D eigenvalue weighted by Gasteiger charge is 2.36. The van der Waals surface area contributed by atoms with Crippen molar-refractivity contribution in [1.29, 1.82) is 0 Å². The van der Waals surface area contributed by atoms with Crippen molar-refractivity contribution in [3.63, 3.8) is 0 Å². The molecule has 2 bridgehead atoms. The Morgan fingerprint density at radius 3 is 3.00 bits per heavy atom. The Labute approximate surface area is 130 Å². The lowest BCUT2D eigenvalue weighted by Crippen LogP contribution is -2.30. The first-order valence-electron chi connectivity index (χ1n) is 7.78. The van der Waals surface area contributed by atoms with Crippen molar-refractivity contribution in [3.8, 4) is 0 Å². The van der Waals surface area contributed by atoms with Crippen LogP contribution in [0.2, 0.25) is 5.02 Å². The number of benzene rings is 1. The van der Waals surface area contributed by atoms with E-state index in [0.29, 0.717) is 11.8 Å². The van der Waals surface area contributed by atoms with Gasteiger partial charge in [-0.15, -0.1) is 0 Å². The predicted molar refractivity (Wildman–Crippen MR) is 87.5 cm³/mol. The molecule has 108 valence electrons. The van der Waals surface area contributed by atoms with Gasteiger partial charge in [-0.25, -0.2) is 4.98 Å². The van der Waals surface area contributed by atoms with Crippen LogP contribution in [0.15, 0.2) is 29.8 Å². The van der Waals surface area contributed by atoms with Gasteiger partial charge in [-0.1, -0.05) is 30.2 Å². The molecule has 2 aliphatic rings. The zero-order chi connectivity index (χ0) is 14.6. The number of allylic oxidation sites excluding steroid dienone is 2. The molecule has 3 N–H and O–H groups in total. The molecule has 0 unspecified atom stereocenters. The van der Waals surface area contributed by atoms with E-state index in [2.05, 4.69) is 18.0 Å². The Hall–Kier alpha value is -1.54. The van der Waals surface area contributed by atoms with Gasteiger partial charge in [0, 0.05) is 23.1 Å². The molecule has 2 nitrogen and oxygen atoms in total. The van der Waals surface area contributed by atoms with E-state index >= 15 is 0 Å². The lowest BCUT2D eigenvalue weighted by Gasteiger charge is -2.33. The second-order valence-corrected chi connectivity index (χ2v) is 6.84. The average Bonchev–Trinajstić information content (AvgIpc) is 2.47. The molecular weight excluding hydrogens is 280 g/mol. The SMILES string of the molecule is CCC1=C[C@@H]2Cc3[nH+]c4ccc(Cl)cc4c(N)c3[C@H](C1)C2. The molecule has 4 rings (SSSR count). The number of aromatic nitrogens is 1. The fraction of sp³-hybridized carbons (Fsp3) is 0.389. The van der Waals surface area contributed by atoms with Gasteiger partial charge in [-0.3, -0.25) is 0 Å². The van der Waals surface area contributed by atoms with Gasteiger partial charge in [-0.05, 0) is 43.2 Å². The molecule has 0 saturated heterocycles. The second kappa shape index (κ2) is 4.74. The molecule has 0 radical (unpaired) electrons. The van der Waals surface area contributed by atoms with Gasteiger partial charge in [0.2, 0.25) is 5.52 Å². The van der Waals surface area contributed by atoms with Gasteiger partial charge in [0.1, 0.15) is 0 Å². The summed E-state index contributed by atoms with van der Waals surface area (Å²) in [6.07, 6.45) is 7.13. The second-order valence-electron chi connectivity index (χ2n) is 6.40. The smallest absolute Gasteiger partial charge is 0.213 e. The largest absolute Gasteiger partial charge is 0.398 e. The fourth-order valence-electron chi connectivity index (χ4n) is 4.13. The third-order valence-corrected chi connectivity index (χ3v) is 5.30. The lowest BCUT2D eigenvalue weighted by molar-refractivity contribution is -0.360. The number of aromatic amines is 1. The molecule has 2 aliphatic carbocycles. The number of nitrogen functional groups attached to an aromatic ring is 1. The van der Waals surface area contributed by atoms with Crippen molar-refractivity contribution in [2.75, 3.05) is 5.73 Å². The molecular formula is C18H20ClN2+. The van der Waals surface area contributed by atoms with Crippen molar-refractivity contribution in [3.05, 3.63) is 46.1 Å². The summed E-state index contributed by atoms with van der Waals surface area (Å²) < 4.78 is 0. The number of halogens is 1. The highest BCUT2D eigenvalue weighted by molar-refractivity contribution is 6.31. The van der Waals surface area contributed by atoms with Crippen molar-refractivity contribution >= 4 is 28.2 Å². The van der Waals surface area contributed by atoms with E-state index in [9.17, 15) is 0 Å². The van der Waals surface area contributed by atoms with Crippen molar-refractivity contribution in [2.45, 2.75) is 38.5 Å². The van der Waals surface area contributed by atoms with Crippen molar-refractivity contribution in [2.24, 2.45) is 5.92 Å². The Bertz CT molecular complexity index is 763. The molecule has 0 spiro atoms. The van der Waals surface area contributed by atoms with Gasteiger partial charge in [-0.2, -0.15) is 0 Å². The fourth-order valence-corrected chi connectivity index (χ4v) is 4.31. The molecule has 21 heavy (non-hydrogen) atoms. The van der Waals surface area contributed by atoms with Crippen molar-refractivity contribution < 1.29 is 4.98 Å². The summed E-state index contributed by atoms with van der Waals surface area (Å²) >= 11 is 6.15. The number of nitrogens with two attached hydrogens (primary N) is 1. The van der Waals surface area contributed by atoms with Gasteiger partial charge in [0.05, 0.1) is 11.1 Å². The minimum atomic E-state index is 0.568. The summed E-state index contributed by atoms with van der Waals surface area (Å²) in [6, 6.07) is 5.94. The highest BCUT2D eigenvalue weighted by Crippen LogP contribution is 2.46. The van der Waals surface area contributed by atoms with Crippen LogP contribution in [-0.4, -0.2) is 0 Å². The van der Waals surface area contributed by atoms with Crippen LogP contribution in [-0.2, 0) is 6.42 Å². The zero-order valence-corrected chi connectivity index (χ0v) is 13.0. The van der Waals surface area contributed by atoms with Crippen LogP contribution in [0.5, 0.6) is 0 Å². The predicted octanol–water partition coefficient (Wildman–Crippen LogP) is 4.28. The zero-order valence-electron chi connectivity index (χ0n) is 12.2. The number of fused-ring (bicyclic) bond motifs is 5. The third-order valence-electron chi connectivity index (χ3n) is 5.07. The first-order valence-corrected chi connectivity index (χ1v) is 8.16. The quantitative estimate of drug-likeness (QED) is 0.785. The number of hydrogen-bond donors (Lipinski definition) is 1. The lowest BCUT2D eigenvalue weighted by atomic mass is 9.70. The Balaban J connectivity index is 1.92. The van der Waals surface area contributed by atoms with E-state index in [0.717, 1.165) is 40.9 Å². The van der Waals surface area contributed by atoms with E-state index < -0.39 is 0 Å². The van der Waals surface area contributed by atoms with Crippen LogP contribution in [0.25, 0.3) is 10.9 Å². The number of anilines is 1. The topological polar surface area (TPSA) is 40.2 Å². The monoisotopic (exact) mass is 299 g/mol. The first-order chi connectivity index (χ1) is 10.2. The number of nitrogens with one attached hydrogen (secondary N) is 1. The van der Waals surface area contributed by atoms with Gasteiger partial charge in [0.15, 0.2) is 5.69 Å². The van der Waals surface area contributed by atoms with Gasteiger partial charge in [0.25, 0.3) is 0 Å². The van der Waals surface area contributed by atoms with Gasteiger partial charge >= 0.3 is 0 Å². The summed E-state index contributed by atoms with van der Waals surface area (Å²) in [4.78, 5) is 3.61. The molecule has 0 fully saturated rings. The van der Waals surface area contributed by atoms with E-state index in [1.807, 2.05) is 18.2 Å². The maximum absolute atomic E-state index is 6.53. The average molecular weight is 300 g/mol. The van der Waals surface area contributed by atoms with Crippen molar-refractivity contribution in [1.82, 2.24) is 0 Å². The molecule has 1 aromatic carbocycles. The normalized spacial score (nSPS) is 23.8. The number of H-pyrrole nitrogens is 1. The molecule has 3 heteroatoms. The van der Waals surface area contributed by atoms with Crippen LogP contribution < -0.4 is 10.7 Å². The van der Waals surface area contributed by atoms with Crippen LogP contribution in [0.4, 0.5) is 5.69 Å². The summed E-state index contributed by atoms with van der Waals surface area (Å²) in [7, 11) is 0. The minimum Gasteiger partial charge on any atom is -0.398 e. The van der Waals surface area contributed by atoms with E-state index in [-0.39, 0.29) is 0 Å². The number of hydrogen-bond acceptors (Lipinski definition) is 1. The third kappa shape index (κ3) is 2.04. The maximum Gasteiger partial charge on any atom is 0.213 e. The summed E-state index contributed by atoms with van der Waals surface area (Å²) in [5, 5.41) is 1.81. The molecule has 2 aromatic rings. The first kappa shape index (κ1) is 13.1. The van der Waals surface area contributed by atoms with Gasteiger partial charge < -0.3 is 5.73 Å². The maximum atomic E-state index is 6.53. The molecule has 1 aromatic heterocycles. The number of rotatable bonds is 1. The molecule has 2 atom stereocenters. The van der Waals surface area contributed by atoms with Crippen LogP contribution in [0.1, 0.15) is 43.4 Å². The van der Waals surface area contributed by atoms with E-state index in [1.165, 1.54) is 17.7 Å². The Morgan fingerprint density at radius 1 is 1.33 bits per heavy atom. The van der Waals surface area contributed by atoms with E-state index in [1.54, 1.807) is 5.57 Å². The standard InChI is InChI=1S/C18H19ClN2/c1-2-10-5-11-7-12(6-10)17-16(8-11)21-15-4-3-13(19)9-14(15)18(17)20/h3-5,9,11-12H,2,6-8H2,1H3,(H2,20,21)/p+1/t11-,12+/m0/s1. The molecule has 0 aliphatic heterocycles. The van der Waals surface area contributed by atoms with Crippen LogP contribution >= 0.6 is 11.6 Å². The van der Waals surface area contributed by atoms with E-state index in [4.69, 9.17) is 17.3 Å². The minimum absolute atomic E-state index is 0.568. The summed E-state index contributed by atoms with van der Waals surface area (Å²) in [5.74, 6) is 1.24. The highest BCUT2D eigenvalue weighted by atomic mass is 35.5. The summed E-state index contributed by atoms with van der Waals surface area (Å²) in [5.41, 5.74) is 12.8. The Kier molecular flexibility index (Phi) is 2.97. The molecule has 0 amide bonds. The van der Waals surface area contributed by atoms with Crippen LogP contribution in [0, 0.1) is 5.92 Å².